The fraction of sp³-hybridized carbons (Fsp3) is 0.364. The first-order valence-corrected chi connectivity index (χ1v) is 10.4. The van der Waals surface area contributed by atoms with Gasteiger partial charge in [0.25, 0.3) is 0 Å². The van der Waals surface area contributed by atoms with Crippen LogP contribution in [0.3, 0.4) is 0 Å². The number of nitrogens with zero attached hydrogens (tertiary/aromatic N) is 5. The van der Waals surface area contributed by atoms with E-state index in [0.29, 0.717) is 35.6 Å². The van der Waals surface area contributed by atoms with Gasteiger partial charge in [0.05, 0.1) is 18.5 Å². The van der Waals surface area contributed by atoms with E-state index in [0.717, 1.165) is 23.3 Å². The summed E-state index contributed by atoms with van der Waals surface area (Å²) >= 11 is 5.98. The fourth-order valence-corrected chi connectivity index (χ4v) is 3.94. The Hall–Kier alpha value is -3.31. The molecule has 0 bridgehead atoms. The molecule has 4 rings (SSSR count). The van der Waals surface area contributed by atoms with E-state index in [9.17, 15) is 4.79 Å². The summed E-state index contributed by atoms with van der Waals surface area (Å²) in [5.41, 5.74) is 9.12. The minimum absolute atomic E-state index is 0.0363. The fourth-order valence-electron chi connectivity index (χ4n) is 3.80. The van der Waals surface area contributed by atoms with E-state index in [2.05, 4.69) is 21.8 Å². The van der Waals surface area contributed by atoms with Gasteiger partial charge in [-0.15, -0.1) is 11.6 Å². The van der Waals surface area contributed by atoms with Gasteiger partial charge in [-0.1, -0.05) is 5.92 Å². The van der Waals surface area contributed by atoms with Crippen LogP contribution in [-0.2, 0) is 4.79 Å². The van der Waals surface area contributed by atoms with Crippen LogP contribution in [0, 0.1) is 18.8 Å². The number of carbonyl (C=O) groups excluding carboxylic acids is 1. The van der Waals surface area contributed by atoms with Crippen LogP contribution in [0.25, 0.3) is 11.0 Å². The molecule has 3 aromatic rings. The van der Waals surface area contributed by atoms with Crippen LogP contribution in [0.2, 0.25) is 0 Å². The van der Waals surface area contributed by atoms with Crippen LogP contribution in [0.1, 0.15) is 36.2 Å². The lowest BCUT2D eigenvalue weighted by atomic mass is 10.1. The van der Waals surface area contributed by atoms with Crippen LogP contribution in [0.5, 0.6) is 5.75 Å². The number of anilines is 1. The molecule has 0 radical (unpaired) electrons. The first kappa shape index (κ1) is 20.9. The zero-order valence-electron chi connectivity index (χ0n) is 17.6. The number of hydrogen-bond acceptors (Lipinski definition) is 6. The Morgan fingerprint density at radius 3 is 2.87 bits per heavy atom. The first-order valence-electron chi connectivity index (χ1n) is 9.96. The van der Waals surface area contributed by atoms with Crippen molar-refractivity contribution < 1.29 is 9.53 Å². The Kier molecular flexibility index (Phi) is 5.70. The van der Waals surface area contributed by atoms with Crippen molar-refractivity contribution in [3.8, 4) is 17.6 Å². The van der Waals surface area contributed by atoms with Gasteiger partial charge in [0, 0.05) is 18.7 Å². The van der Waals surface area contributed by atoms with E-state index < -0.39 is 5.38 Å². The van der Waals surface area contributed by atoms with Gasteiger partial charge in [-0.25, -0.2) is 14.6 Å². The van der Waals surface area contributed by atoms with Gasteiger partial charge in [0.15, 0.2) is 5.65 Å². The number of likely N-dealkylation sites (tertiary alicyclic amines) is 1. The summed E-state index contributed by atoms with van der Waals surface area (Å²) in [4.78, 5) is 22.5. The van der Waals surface area contributed by atoms with Gasteiger partial charge in [-0.3, -0.25) is 4.79 Å². The summed E-state index contributed by atoms with van der Waals surface area (Å²) in [7, 11) is 1.62. The number of halogens is 1. The molecule has 2 aromatic heterocycles. The van der Waals surface area contributed by atoms with Gasteiger partial charge >= 0.3 is 0 Å². The van der Waals surface area contributed by atoms with Crippen molar-refractivity contribution in [2.45, 2.75) is 31.7 Å². The first-order chi connectivity index (χ1) is 14.9. The molecule has 1 unspecified atom stereocenters. The lowest BCUT2D eigenvalue weighted by Crippen LogP contribution is -2.34. The zero-order chi connectivity index (χ0) is 22.1. The molecule has 2 atom stereocenters. The molecule has 3 heterocycles. The number of carbonyl (C=O) groups is 1. The number of methoxy groups -OCH3 is 1. The van der Waals surface area contributed by atoms with Crippen LogP contribution < -0.4 is 10.5 Å². The highest BCUT2D eigenvalue weighted by Gasteiger charge is 2.31. The number of aryl methyl sites for hydroxylation is 1. The quantitative estimate of drug-likeness (QED) is 0.498. The molecular weight excluding hydrogens is 416 g/mol. The van der Waals surface area contributed by atoms with E-state index in [1.165, 1.54) is 6.33 Å². The number of nitrogens with two attached hydrogens (primary N) is 1. The number of rotatable bonds is 3. The number of benzene rings is 1. The number of amides is 1. The largest absolute Gasteiger partial charge is 0.497 e. The van der Waals surface area contributed by atoms with Gasteiger partial charge in [-0.05, 0) is 50.0 Å². The third kappa shape index (κ3) is 4.14. The lowest BCUT2D eigenvalue weighted by molar-refractivity contribution is -0.129. The molecule has 1 aliphatic heterocycles. The second kappa shape index (κ2) is 8.44. The third-order valence-corrected chi connectivity index (χ3v) is 5.48. The molecule has 1 saturated heterocycles. The Labute approximate surface area is 185 Å². The maximum atomic E-state index is 12.3. The molecule has 1 aromatic carbocycles. The van der Waals surface area contributed by atoms with Gasteiger partial charge in [0.1, 0.15) is 29.0 Å². The second-order valence-electron chi connectivity index (χ2n) is 7.58. The molecule has 160 valence electrons. The number of ether oxygens (including phenoxy) is 1. The molecule has 2 N–H and O–H groups in total. The molecule has 0 spiro atoms. The highest BCUT2D eigenvalue weighted by Crippen LogP contribution is 2.29. The van der Waals surface area contributed by atoms with E-state index in [-0.39, 0.29) is 11.9 Å². The maximum Gasteiger partial charge on any atom is 0.240 e. The van der Waals surface area contributed by atoms with Crippen LogP contribution in [-0.4, -0.2) is 56.1 Å². The van der Waals surface area contributed by atoms with Crippen LogP contribution >= 0.6 is 11.6 Å². The Morgan fingerprint density at radius 1 is 1.32 bits per heavy atom. The topological polar surface area (TPSA) is 99.2 Å². The molecule has 1 aliphatic rings. The average Bonchev–Trinajstić information content (AvgIpc) is 3.36. The molecule has 0 saturated carbocycles. The minimum atomic E-state index is -0.557. The smallest absolute Gasteiger partial charge is 0.240 e. The molecule has 1 fully saturated rings. The monoisotopic (exact) mass is 438 g/mol. The summed E-state index contributed by atoms with van der Waals surface area (Å²) in [6.45, 7) is 4.80. The van der Waals surface area contributed by atoms with Crippen molar-refractivity contribution in [3.05, 3.63) is 41.3 Å². The summed E-state index contributed by atoms with van der Waals surface area (Å²) in [5.74, 6) is 7.25. The van der Waals surface area contributed by atoms with Gasteiger partial charge < -0.3 is 15.4 Å². The van der Waals surface area contributed by atoms with Crippen LogP contribution in [0.15, 0.2) is 24.5 Å². The standard InChI is InChI=1S/C22H23ClN6O2/c1-13-8-15(10-17(9-13)31-3)4-5-18-19-20(24)25-12-26-21(19)29(27-18)16-6-7-28(11-16)22(30)14(2)23/h8-10,12,14,16H,6-7,11H2,1-3H3,(H2,24,25,26)/t14?,16-/m0/s1. The van der Waals surface area contributed by atoms with E-state index in [4.69, 9.17) is 27.2 Å². The van der Waals surface area contributed by atoms with Crippen molar-refractivity contribution >= 4 is 34.4 Å². The Morgan fingerprint density at radius 2 is 2.13 bits per heavy atom. The van der Waals surface area contributed by atoms with E-state index in [1.54, 1.807) is 23.6 Å². The zero-order valence-corrected chi connectivity index (χ0v) is 18.3. The summed E-state index contributed by atoms with van der Waals surface area (Å²) in [6, 6.07) is 5.75. The number of alkyl halides is 1. The SMILES string of the molecule is COc1cc(C)cc(C#Cc2nn([C@H]3CCN(C(=O)C(C)Cl)C3)c3ncnc(N)c23)c1. The summed E-state index contributed by atoms with van der Waals surface area (Å²) in [5, 5.41) is 4.77. The van der Waals surface area contributed by atoms with Crippen molar-refractivity contribution in [3.63, 3.8) is 0 Å². The van der Waals surface area contributed by atoms with Crippen LogP contribution in [0.4, 0.5) is 5.82 Å². The average molecular weight is 439 g/mol. The molecule has 31 heavy (non-hydrogen) atoms. The predicted octanol–water partition coefficient (Wildman–Crippen LogP) is 2.53. The Bertz CT molecular complexity index is 1210. The van der Waals surface area contributed by atoms with Crippen molar-refractivity contribution in [2.75, 3.05) is 25.9 Å². The third-order valence-electron chi connectivity index (χ3n) is 5.29. The molecule has 8 nitrogen and oxygen atoms in total. The van der Waals surface area contributed by atoms with Gasteiger partial charge in [0.2, 0.25) is 5.91 Å². The summed E-state index contributed by atoms with van der Waals surface area (Å²) < 4.78 is 7.13. The number of aromatic nitrogens is 4. The number of fused-ring (bicyclic) bond motifs is 1. The summed E-state index contributed by atoms with van der Waals surface area (Å²) in [6.07, 6.45) is 2.16. The maximum absolute atomic E-state index is 12.3. The van der Waals surface area contributed by atoms with Crippen molar-refractivity contribution in [1.29, 1.82) is 0 Å². The normalized spacial score (nSPS) is 16.8. The van der Waals surface area contributed by atoms with Crippen molar-refractivity contribution in [2.24, 2.45) is 0 Å². The second-order valence-corrected chi connectivity index (χ2v) is 8.24. The predicted molar refractivity (Wildman–Crippen MR) is 119 cm³/mol. The van der Waals surface area contributed by atoms with Gasteiger partial charge in [-0.2, -0.15) is 5.10 Å². The highest BCUT2D eigenvalue weighted by molar-refractivity contribution is 6.30. The van der Waals surface area contributed by atoms with E-state index in [1.807, 2.05) is 25.1 Å². The van der Waals surface area contributed by atoms with Crippen molar-refractivity contribution in [1.82, 2.24) is 24.6 Å². The highest BCUT2D eigenvalue weighted by atomic mass is 35.5. The Balaban J connectivity index is 1.73. The lowest BCUT2D eigenvalue weighted by Gasteiger charge is -2.18. The molecule has 1 amide bonds. The minimum Gasteiger partial charge on any atom is -0.497 e. The van der Waals surface area contributed by atoms with E-state index >= 15 is 0 Å². The molecular formula is C22H23ClN6O2. The molecule has 0 aliphatic carbocycles. The molecule has 9 heteroatoms. The number of nitrogen functional groups attached to an aromatic ring is 1. The number of hydrogen-bond donors (Lipinski definition) is 1.